The Bertz CT molecular complexity index is 248. The van der Waals surface area contributed by atoms with Crippen LogP contribution < -0.4 is 5.48 Å². The molecule has 13 heavy (non-hydrogen) atoms. The van der Waals surface area contributed by atoms with Gasteiger partial charge in [0.15, 0.2) is 0 Å². The van der Waals surface area contributed by atoms with Crippen LogP contribution in [0.2, 0.25) is 0 Å². The monoisotopic (exact) mass is 183 g/mol. The van der Waals surface area contributed by atoms with Crippen LogP contribution in [-0.2, 0) is 6.54 Å². The van der Waals surface area contributed by atoms with E-state index in [0.29, 0.717) is 12.1 Å². The quantitative estimate of drug-likeness (QED) is 0.503. The van der Waals surface area contributed by atoms with Crippen molar-refractivity contribution in [2.75, 3.05) is 6.61 Å². The summed E-state index contributed by atoms with van der Waals surface area (Å²) in [4.78, 5) is 0. The summed E-state index contributed by atoms with van der Waals surface area (Å²) in [5.41, 5.74) is 3.62. The van der Waals surface area contributed by atoms with Crippen LogP contribution in [0, 0.1) is 0 Å². The average Bonchev–Trinajstić information content (AvgIpc) is 2.18. The maximum absolute atomic E-state index is 9.24. The minimum Gasteiger partial charge on any atom is -0.393 e. The van der Waals surface area contributed by atoms with E-state index in [2.05, 4.69) is 0 Å². The van der Waals surface area contributed by atoms with Gasteiger partial charge in [0.05, 0.1) is 6.61 Å². The molecule has 1 aromatic rings. The van der Waals surface area contributed by atoms with E-state index in [9.17, 15) is 5.11 Å². The van der Waals surface area contributed by atoms with Gasteiger partial charge in [-0.3, -0.25) is 0 Å². The molecule has 0 bridgehead atoms. The number of benzene rings is 1. The van der Waals surface area contributed by atoms with Crippen LogP contribution in [0.25, 0.3) is 0 Å². The molecule has 0 aliphatic carbocycles. The molecule has 1 rings (SSSR count). The summed E-state index contributed by atoms with van der Waals surface area (Å²) in [7, 11) is 0. The predicted molar refractivity (Wildman–Crippen MR) is 47.1 cm³/mol. The lowest BCUT2D eigenvalue weighted by Crippen LogP contribution is -2.07. The highest BCUT2D eigenvalue weighted by molar-refractivity contribution is 5.23. The van der Waals surface area contributed by atoms with Gasteiger partial charge in [-0.15, -0.1) is 0 Å². The molecule has 1 unspecified atom stereocenters. The molecule has 1 aromatic carbocycles. The van der Waals surface area contributed by atoms with E-state index >= 15 is 0 Å². The van der Waals surface area contributed by atoms with Gasteiger partial charge < -0.3 is 15.4 Å². The van der Waals surface area contributed by atoms with Crippen molar-refractivity contribution in [1.29, 1.82) is 0 Å². The Hall–Kier alpha value is -0.940. The number of hydrogen-bond acceptors (Lipinski definition) is 4. The van der Waals surface area contributed by atoms with Crippen LogP contribution in [0.3, 0.4) is 0 Å². The summed E-state index contributed by atoms with van der Waals surface area (Å²) in [5, 5.41) is 26.3. The molecule has 0 fully saturated rings. The van der Waals surface area contributed by atoms with Gasteiger partial charge in [-0.1, -0.05) is 24.3 Å². The summed E-state index contributed by atoms with van der Waals surface area (Å²) in [6.07, 6.45) is -0.823. The van der Waals surface area contributed by atoms with Gasteiger partial charge in [-0.2, -0.15) is 0 Å². The number of aliphatic hydroxyl groups is 2. The first-order valence-electron chi connectivity index (χ1n) is 4.02. The van der Waals surface area contributed by atoms with E-state index in [4.69, 9.17) is 10.3 Å². The first-order chi connectivity index (χ1) is 6.27. The maximum Gasteiger partial charge on any atom is 0.102 e. The normalized spacial score (nSPS) is 12.8. The molecule has 0 aliphatic rings. The Balaban J connectivity index is 2.69. The van der Waals surface area contributed by atoms with Crippen molar-refractivity contribution < 1.29 is 15.4 Å². The molecule has 0 radical (unpaired) electrons. The van der Waals surface area contributed by atoms with E-state index in [1.807, 2.05) is 5.48 Å². The zero-order chi connectivity index (χ0) is 9.68. The van der Waals surface area contributed by atoms with E-state index in [1.165, 1.54) is 0 Å². The van der Waals surface area contributed by atoms with Crippen LogP contribution in [-0.4, -0.2) is 22.0 Å². The minimum absolute atomic E-state index is 0.280. The van der Waals surface area contributed by atoms with Gasteiger partial charge in [-0.05, 0) is 11.1 Å². The largest absolute Gasteiger partial charge is 0.393 e. The molecule has 0 saturated carbocycles. The molecule has 4 N–H and O–H groups in total. The second-order valence-corrected chi connectivity index (χ2v) is 2.77. The molecule has 4 heteroatoms. The van der Waals surface area contributed by atoms with Gasteiger partial charge in [0.1, 0.15) is 6.10 Å². The van der Waals surface area contributed by atoms with Crippen LogP contribution in [0.15, 0.2) is 24.3 Å². The Kier molecular flexibility index (Phi) is 3.85. The second-order valence-electron chi connectivity index (χ2n) is 2.77. The molecular weight excluding hydrogens is 170 g/mol. The highest BCUT2D eigenvalue weighted by Gasteiger charge is 2.04. The van der Waals surface area contributed by atoms with Gasteiger partial charge in [0.2, 0.25) is 0 Å². The van der Waals surface area contributed by atoms with E-state index in [0.717, 1.165) is 5.56 Å². The average molecular weight is 183 g/mol. The highest BCUT2D eigenvalue weighted by atomic mass is 16.5. The Labute approximate surface area is 76.4 Å². The van der Waals surface area contributed by atoms with Gasteiger partial charge in [0.25, 0.3) is 0 Å². The molecule has 72 valence electrons. The molecular formula is C9H13NO3. The van der Waals surface area contributed by atoms with Crippen LogP contribution in [0.1, 0.15) is 17.2 Å². The lowest BCUT2D eigenvalue weighted by molar-refractivity contribution is 0.0956. The smallest absolute Gasteiger partial charge is 0.102 e. The predicted octanol–water partition coefficient (Wildman–Crippen LogP) is 0.191. The van der Waals surface area contributed by atoms with E-state index < -0.39 is 6.10 Å². The minimum atomic E-state index is -0.823. The third-order valence-corrected chi connectivity index (χ3v) is 1.82. The molecule has 0 spiro atoms. The molecule has 4 nitrogen and oxygen atoms in total. The summed E-state index contributed by atoms with van der Waals surface area (Å²) < 4.78 is 0. The SMILES string of the molecule is OCC(O)c1ccc(CNO)cc1. The molecule has 1 atom stereocenters. The third-order valence-electron chi connectivity index (χ3n) is 1.82. The lowest BCUT2D eigenvalue weighted by Gasteiger charge is -2.07. The third kappa shape index (κ3) is 2.78. The van der Waals surface area contributed by atoms with E-state index in [1.54, 1.807) is 24.3 Å². The molecule has 0 heterocycles. The highest BCUT2D eigenvalue weighted by Crippen LogP contribution is 2.12. The van der Waals surface area contributed by atoms with Crippen molar-refractivity contribution in [2.24, 2.45) is 0 Å². The fourth-order valence-electron chi connectivity index (χ4n) is 1.05. The number of aliphatic hydroxyl groups excluding tert-OH is 2. The number of rotatable bonds is 4. The fraction of sp³-hybridized carbons (Fsp3) is 0.333. The molecule has 0 aromatic heterocycles. The first-order valence-corrected chi connectivity index (χ1v) is 4.02. The number of nitrogens with one attached hydrogen (secondary N) is 1. The molecule has 0 saturated heterocycles. The van der Waals surface area contributed by atoms with Crippen molar-refractivity contribution in [3.63, 3.8) is 0 Å². The van der Waals surface area contributed by atoms with Gasteiger partial charge in [-0.25, -0.2) is 5.48 Å². The number of hydroxylamine groups is 1. The van der Waals surface area contributed by atoms with Crippen molar-refractivity contribution in [3.05, 3.63) is 35.4 Å². The van der Waals surface area contributed by atoms with Crippen molar-refractivity contribution in [1.82, 2.24) is 5.48 Å². The summed E-state index contributed by atoms with van der Waals surface area (Å²) in [6.45, 7) is 0.0904. The fourth-order valence-corrected chi connectivity index (χ4v) is 1.05. The summed E-state index contributed by atoms with van der Waals surface area (Å²) in [6, 6.07) is 6.98. The van der Waals surface area contributed by atoms with Crippen LogP contribution in [0.4, 0.5) is 0 Å². The van der Waals surface area contributed by atoms with Crippen LogP contribution in [0.5, 0.6) is 0 Å². The van der Waals surface area contributed by atoms with Crippen molar-refractivity contribution in [2.45, 2.75) is 12.6 Å². The summed E-state index contributed by atoms with van der Waals surface area (Å²) >= 11 is 0. The Morgan fingerprint density at radius 1 is 1.23 bits per heavy atom. The zero-order valence-corrected chi connectivity index (χ0v) is 7.14. The topological polar surface area (TPSA) is 72.7 Å². The van der Waals surface area contributed by atoms with Crippen molar-refractivity contribution in [3.8, 4) is 0 Å². The number of hydrogen-bond donors (Lipinski definition) is 4. The second kappa shape index (κ2) is 4.94. The Morgan fingerprint density at radius 2 is 1.85 bits per heavy atom. The molecule has 0 aliphatic heterocycles. The first kappa shape index (κ1) is 10.1. The van der Waals surface area contributed by atoms with E-state index in [-0.39, 0.29) is 6.61 Å². The Morgan fingerprint density at radius 3 is 2.31 bits per heavy atom. The zero-order valence-electron chi connectivity index (χ0n) is 7.14. The van der Waals surface area contributed by atoms with Crippen LogP contribution >= 0.6 is 0 Å². The van der Waals surface area contributed by atoms with Gasteiger partial charge >= 0.3 is 0 Å². The lowest BCUT2D eigenvalue weighted by atomic mass is 10.1. The molecule has 0 amide bonds. The van der Waals surface area contributed by atoms with Gasteiger partial charge in [0, 0.05) is 6.54 Å². The maximum atomic E-state index is 9.24. The van der Waals surface area contributed by atoms with Crippen molar-refractivity contribution >= 4 is 0 Å². The summed E-state index contributed by atoms with van der Waals surface area (Å²) in [5.74, 6) is 0. The standard InChI is InChI=1S/C9H13NO3/c11-6-9(12)8-3-1-7(2-4-8)5-10-13/h1-4,9-13H,5-6H2.